The first-order chi connectivity index (χ1) is 9.95. The molecule has 0 bridgehead atoms. The quantitative estimate of drug-likeness (QED) is 0.497. The fourth-order valence-corrected chi connectivity index (χ4v) is 2.61. The highest BCUT2D eigenvalue weighted by Gasteiger charge is 2.34. The van der Waals surface area contributed by atoms with Crippen molar-refractivity contribution in [2.75, 3.05) is 0 Å². The summed E-state index contributed by atoms with van der Waals surface area (Å²) in [4.78, 5) is 0. The lowest BCUT2D eigenvalue weighted by molar-refractivity contribution is 0.0385. The molecule has 2 unspecified atom stereocenters. The molecule has 1 aliphatic heterocycles. The second-order valence-electron chi connectivity index (χ2n) is 5.26. The van der Waals surface area contributed by atoms with Crippen LogP contribution >= 0.6 is 0 Å². The van der Waals surface area contributed by atoms with Gasteiger partial charge in [-0.25, -0.2) is 0 Å². The molecule has 3 rings (SSSR count). The van der Waals surface area contributed by atoms with Crippen LogP contribution < -0.4 is 4.74 Å². The van der Waals surface area contributed by atoms with Crippen molar-refractivity contribution < 1.29 is 30.3 Å². The van der Waals surface area contributed by atoms with Crippen molar-refractivity contribution in [1.29, 1.82) is 0 Å². The van der Waals surface area contributed by atoms with Crippen molar-refractivity contribution in [3.05, 3.63) is 41.5 Å². The monoisotopic (exact) mass is 292 g/mol. The molecule has 1 aromatic carbocycles. The van der Waals surface area contributed by atoms with Gasteiger partial charge in [-0.2, -0.15) is 0 Å². The van der Waals surface area contributed by atoms with Crippen LogP contribution in [0.4, 0.5) is 0 Å². The van der Waals surface area contributed by atoms with Crippen molar-refractivity contribution >= 4 is 0 Å². The first-order valence-corrected chi connectivity index (χ1v) is 6.61. The van der Waals surface area contributed by atoms with E-state index in [-0.39, 0.29) is 23.7 Å². The Balaban J connectivity index is 1.93. The zero-order valence-corrected chi connectivity index (χ0v) is 11.0. The molecule has 6 heteroatoms. The van der Waals surface area contributed by atoms with Crippen LogP contribution in [0.5, 0.6) is 17.2 Å². The predicted molar refractivity (Wildman–Crippen MR) is 73.1 cm³/mol. The molecule has 5 N–H and O–H groups in total. The highest BCUT2D eigenvalue weighted by Crippen LogP contribution is 2.39. The molecule has 0 amide bonds. The molecule has 21 heavy (non-hydrogen) atoms. The van der Waals surface area contributed by atoms with Gasteiger partial charge in [-0.3, -0.25) is 0 Å². The van der Waals surface area contributed by atoms with Gasteiger partial charge < -0.3 is 30.3 Å². The molecule has 0 fully saturated rings. The van der Waals surface area contributed by atoms with Crippen LogP contribution in [0.1, 0.15) is 5.56 Å². The number of phenolic OH excluding ortho intramolecular Hbond substituents is 2. The van der Waals surface area contributed by atoms with Gasteiger partial charge in [-0.05, 0) is 11.6 Å². The number of hydrogen-bond acceptors (Lipinski definition) is 6. The smallest absolute Gasteiger partial charge is 0.150 e. The van der Waals surface area contributed by atoms with Gasteiger partial charge in [0.05, 0.1) is 6.10 Å². The maximum Gasteiger partial charge on any atom is 0.150 e. The molecular weight excluding hydrogens is 276 g/mol. The third kappa shape index (κ3) is 2.49. The number of aliphatic hydroxyl groups excluding tert-OH is 3. The van der Waals surface area contributed by atoms with E-state index in [1.54, 1.807) is 6.08 Å². The topological polar surface area (TPSA) is 110 Å². The Morgan fingerprint density at radius 1 is 1.05 bits per heavy atom. The summed E-state index contributed by atoms with van der Waals surface area (Å²) in [6.07, 6.45) is 0.907. The number of benzene rings is 1. The van der Waals surface area contributed by atoms with Crippen LogP contribution in [0, 0.1) is 0 Å². The van der Waals surface area contributed by atoms with E-state index < -0.39 is 24.4 Å². The Morgan fingerprint density at radius 2 is 1.81 bits per heavy atom. The van der Waals surface area contributed by atoms with Gasteiger partial charge in [-0.15, -0.1) is 0 Å². The zero-order valence-electron chi connectivity index (χ0n) is 11.0. The van der Waals surface area contributed by atoms with Crippen molar-refractivity contribution in [2.45, 2.75) is 30.8 Å². The lowest BCUT2D eigenvalue weighted by Crippen LogP contribution is -2.40. The second kappa shape index (κ2) is 5.07. The van der Waals surface area contributed by atoms with Crippen LogP contribution in [0.3, 0.4) is 0 Å². The predicted octanol–water partition coefficient (Wildman–Crippen LogP) is -0.0198. The number of rotatable bonds is 1. The summed E-state index contributed by atoms with van der Waals surface area (Å²) in [5.74, 6) is 0.0221. The molecule has 1 aliphatic carbocycles. The Morgan fingerprint density at radius 3 is 2.52 bits per heavy atom. The first-order valence-electron chi connectivity index (χ1n) is 6.61. The van der Waals surface area contributed by atoms with E-state index in [0.29, 0.717) is 11.1 Å². The lowest BCUT2D eigenvalue weighted by atomic mass is 9.90. The second-order valence-corrected chi connectivity index (χ2v) is 5.26. The van der Waals surface area contributed by atoms with E-state index >= 15 is 0 Å². The third-order valence-corrected chi connectivity index (χ3v) is 3.71. The van der Waals surface area contributed by atoms with E-state index in [2.05, 4.69) is 0 Å². The van der Waals surface area contributed by atoms with Gasteiger partial charge in [0.2, 0.25) is 0 Å². The zero-order chi connectivity index (χ0) is 15.1. The average Bonchev–Trinajstić information content (AvgIpc) is 2.42. The molecule has 2 aliphatic rings. The fraction of sp³-hybridized carbons (Fsp3) is 0.333. The standard InChI is InChI=1S/C15H16O6/c16-8-4-11(18)9-6-13(20)15(21-14(9)5-8)7-1-2-10(17)12(19)3-7/h1-5,10,12-13,15-20H,6H2/t10?,12?,13-,15-/m0/s1. The summed E-state index contributed by atoms with van der Waals surface area (Å²) in [5, 5.41) is 48.6. The minimum Gasteiger partial charge on any atom is -0.508 e. The molecule has 0 aromatic heterocycles. The van der Waals surface area contributed by atoms with Crippen LogP contribution in [0.15, 0.2) is 35.9 Å². The van der Waals surface area contributed by atoms with Crippen LogP contribution in [-0.4, -0.2) is 49.9 Å². The summed E-state index contributed by atoms with van der Waals surface area (Å²) in [7, 11) is 0. The van der Waals surface area contributed by atoms with E-state index in [0.717, 1.165) is 0 Å². The Kier molecular flexibility index (Phi) is 3.36. The molecule has 6 nitrogen and oxygen atoms in total. The summed E-state index contributed by atoms with van der Waals surface area (Å²) >= 11 is 0. The normalized spacial score (nSPS) is 31.3. The van der Waals surface area contributed by atoms with Crippen LogP contribution in [-0.2, 0) is 6.42 Å². The van der Waals surface area contributed by atoms with Crippen molar-refractivity contribution in [3.63, 3.8) is 0 Å². The van der Waals surface area contributed by atoms with Gasteiger partial charge in [0.1, 0.15) is 35.6 Å². The minimum absolute atomic E-state index is 0.133. The highest BCUT2D eigenvalue weighted by molar-refractivity contribution is 5.52. The van der Waals surface area contributed by atoms with Gasteiger partial charge in [0.15, 0.2) is 0 Å². The summed E-state index contributed by atoms with van der Waals surface area (Å²) in [6.45, 7) is 0. The molecule has 112 valence electrons. The number of aromatic hydroxyl groups is 2. The third-order valence-electron chi connectivity index (χ3n) is 3.71. The minimum atomic E-state index is -1.06. The molecule has 0 spiro atoms. The van der Waals surface area contributed by atoms with E-state index in [4.69, 9.17) is 4.74 Å². The molecule has 0 radical (unpaired) electrons. The Hall–Kier alpha value is -2.02. The van der Waals surface area contributed by atoms with Gasteiger partial charge in [-0.1, -0.05) is 12.2 Å². The SMILES string of the molecule is Oc1cc(O)c2c(c1)O[C@@H](C1=CC(O)C(O)C=C1)[C@@H](O)C2. The van der Waals surface area contributed by atoms with Crippen LogP contribution in [0.2, 0.25) is 0 Å². The average molecular weight is 292 g/mol. The number of phenols is 2. The Labute approximate surface area is 120 Å². The largest absolute Gasteiger partial charge is 0.508 e. The maximum absolute atomic E-state index is 10.2. The van der Waals surface area contributed by atoms with Gasteiger partial charge in [0.25, 0.3) is 0 Å². The van der Waals surface area contributed by atoms with E-state index in [1.165, 1.54) is 24.3 Å². The number of hydrogen-bond donors (Lipinski definition) is 5. The summed E-state index contributed by atoms with van der Waals surface area (Å²) in [6, 6.07) is 2.56. The maximum atomic E-state index is 10.2. The van der Waals surface area contributed by atoms with E-state index in [9.17, 15) is 25.5 Å². The highest BCUT2D eigenvalue weighted by atomic mass is 16.5. The molecular formula is C15H16O6. The van der Waals surface area contributed by atoms with Gasteiger partial charge >= 0.3 is 0 Å². The molecule has 4 atom stereocenters. The van der Waals surface area contributed by atoms with Gasteiger partial charge in [0, 0.05) is 24.1 Å². The number of fused-ring (bicyclic) bond motifs is 1. The first kappa shape index (κ1) is 13.9. The fourth-order valence-electron chi connectivity index (χ4n) is 2.61. The summed E-state index contributed by atoms with van der Waals surface area (Å²) in [5.41, 5.74) is 0.964. The van der Waals surface area contributed by atoms with Crippen molar-refractivity contribution in [3.8, 4) is 17.2 Å². The van der Waals surface area contributed by atoms with Crippen LogP contribution in [0.25, 0.3) is 0 Å². The molecule has 0 saturated heterocycles. The Bertz CT molecular complexity index is 621. The molecule has 0 saturated carbocycles. The number of ether oxygens (including phenoxy) is 1. The lowest BCUT2D eigenvalue weighted by Gasteiger charge is -2.33. The molecule has 1 heterocycles. The van der Waals surface area contributed by atoms with Crippen molar-refractivity contribution in [2.24, 2.45) is 0 Å². The summed E-state index contributed by atoms with van der Waals surface area (Å²) < 4.78 is 5.65. The molecule has 1 aromatic rings. The van der Waals surface area contributed by atoms with E-state index in [1.807, 2.05) is 0 Å². The van der Waals surface area contributed by atoms with Crippen molar-refractivity contribution in [1.82, 2.24) is 0 Å². The number of aliphatic hydroxyl groups is 3.